The molecule has 96 valence electrons. The van der Waals surface area contributed by atoms with Crippen LogP contribution in [0.25, 0.3) is 0 Å². The SMILES string of the molecule is C=C(Br)CNC(=O)Nc1cccc(CC(=O)O)c1. The Labute approximate surface area is 113 Å². The highest BCUT2D eigenvalue weighted by Crippen LogP contribution is 2.11. The van der Waals surface area contributed by atoms with Gasteiger partial charge in [0.2, 0.25) is 0 Å². The van der Waals surface area contributed by atoms with Crippen LogP contribution in [0, 0.1) is 0 Å². The average molecular weight is 313 g/mol. The van der Waals surface area contributed by atoms with Gasteiger partial charge in [0, 0.05) is 10.2 Å². The molecule has 3 N–H and O–H groups in total. The number of amides is 2. The minimum atomic E-state index is -0.910. The highest BCUT2D eigenvalue weighted by Gasteiger charge is 2.04. The Bertz CT molecular complexity index is 474. The monoisotopic (exact) mass is 312 g/mol. The topological polar surface area (TPSA) is 78.4 Å². The standard InChI is InChI=1S/C12H13BrN2O3/c1-8(13)7-14-12(18)15-10-4-2-3-9(5-10)6-11(16)17/h2-5H,1,6-7H2,(H,16,17)(H2,14,15,18). The number of carbonyl (C=O) groups is 2. The van der Waals surface area contributed by atoms with Gasteiger partial charge < -0.3 is 15.7 Å². The Kier molecular flexibility index (Phi) is 5.38. The summed E-state index contributed by atoms with van der Waals surface area (Å²) in [5, 5.41) is 13.9. The van der Waals surface area contributed by atoms with Crippen molar-refractivity contribution in [1.82, 2.24) is 5.32 Å². The van der Waals surface area contributed by atoms with E-state index in [1.54, 1.807) is 24.3 Å². The molecule has 1 aromatic rings. The summed E-state index contributed by atoms with van der Waals surface area (Å²) in [7, 11) is 0. The summed E-state index contributed by atoms with van der Waals surface area (Å²) in [5.74, 6) is -0.910. The lowest BCUT2D eigenvalue weighted by atomic mass is 10.1. The molecular formula is C12H13BrN2O3. The Morgan fingerprint density at radius 2 is 2.11 bits per heavy atom. The fourth-order valence-corrected chi connectivity index (χ4v) is 1.43. The quantitative estimate of drug-likeness (QED) is 0.781. The number of nitrogens with one attached hydrogen (secondary N) is 2. The maximum absolute atomic E-state index is 11.4. The van der Waals surface area contributed by atoms with E-state index in [9.17, 15) is 9.59 Å². The van der Waals surface area contributed by atoms with Crippen LogP contribution in [0.4, 0.5) is 10.5 Å². The number of hydrogen-bond acceptors (Lipinski definition) is 2. The van der Waals surface area contributed by atoms with Crippen molar-refractivity contribution in [2.75, 3.05) is 11.9 Å². The second kappa shape index (κ2) is 6.80. The molecule has 0 fully saturated rings. The molecule has 0 atom stereocenters. The van der Waals surface area contributed by atoms with Gasteiger partial charge in [-0.25, -0.2) is 4.79 Å². The first-order valence-corrected chi connectivity index (χ1v) is 5.95. The van der Waals surface area contributed by atoms with E-state index >= 15 is 0 Å². The lowest BCUT2D eigenvalue weighted by Gasteiger charge is -2.08. The average Bonchev–Trinajstić information content (AvgIpc) is 2.26. The number of urea groups is 1. The highest BCUT2D eigenvalue weighted by molar-refractivity contribution is 9.11. The number of anilines is 1. The maximum Gasteiger partial charge on any atom is 0.319 e. The number of halogens is 1. The molecule has 0 bridgehead atoms. The number of rotatable bonds is 5. The minimum Gasteiger partial charge on any atom is -0.481 e. The molecule has 5 nitrogen and oxygen atoms in total. The molecule has 0 saturated carbocycles. The van der Waals surface area contributed by atoms with Crippen LogP contribution in [0.5, 0.6) is 0 Å². The van der Waals surface area contributed by atoms with Crippen molar-refractivity contribution in [2.24, 2.45) is 0 Å². The van der Waals surface area contributed by atoms with Gasteiger partial charge in [-0.3, -0.25) is 4.79 Å². The van der Waals surface area contributed by atoms with Gasteiger partial charge in [0.25, 0.3) is 0 Å². The molecule has 18 heavy (non-hydrogen) atoms. The molecule has 6 heteroatoms. The van der Waals surface area contributed by atoms with E-state index in [0.717, 1.165) is 0 Å². The van der Waals surface area contributed by atoms with Gasteiger partial charge in [0.05, 0.1) is 13.0 Å². The van der Waals surface area contributed by atoms with E-state index in [-0.39, 0.29) is 12.5 Å². The van der Waals surface area contributed by atoms with E-state index < -0.39 is 5.97 Å². The van der Waals surface area contributed by atoms with E-state index in [4.69, 9.17) is 5.11 Å². The molecule has 0 heterocycles. The summed E-state index contributed by atoms with van der Waals surface area (Å²) in [6.45, 7) is 3.91. The number of benzene rings is 1. The first kappa shape index (κ1) is 14.2. The zero-order chi connectivity index (χ0) is 13.5. The van der Waals surface area contributed by atoms with Crippen LogP contribution < -0.4 is 10.6 Å². The Morgan fingerprint density at radius 1 is 1.39 bits per heavy atom. The molecule has 2 amide bonds. The van der Waals surface area contributed by atoms with Gasteiger partial charge in [0.1, 0.15) is 0 Å². The molecule has 0 aliphatic carbocycles. The maximum atomic E-state index is 11.4. The zero-order valence-electron chi connectivity index (χ0n) is 9.57. The smallest absolute Gasteiger partial charge is 0.319 e. The lowest BCUT2D eigenvalue weighted by molar-refractivity contribution is -0.136. The van der Waals surface area contributed by atoms with Crippen LogP contribution in [0.2, 0.25) is 0 Å². The Hall–Kier alpha value is -1.82. The van der Waals surface area contributed by atoms with Crippen molar-refractivity contribution in [1.29, 1.82) is 0 Å². The van der Waals surface area contributed by atoms with Crippen molar-refractivity contribution in [3.05, 3.63) is 40.9 Å². The fraction of sp³-hybridized carbons (Fsp3) is 0.167. The van der Waals surface area contributed by atoms with Gasteiger partial charge in [-0.1, -0.05) is 34.6 Å². The van der Waals surface area contributed by atoms with Gasteiger partial charge in [-0.05, 0) is 17.7 Å². The van der Waals surface area contributed by atoms with Crippen molar-refractivity contribution in [3.63, 3.8) is 0 Å². The van der Waals surface area contributed by atoms with E-state index in [1.165, 1.54) is 0 Å². The summed E-state index contributed by atoms with van der Waals surface area (Å²) in [4.78, 5) is 22.0. The van der Waals surface area contributed by atoms with Crippen LogP contribution in [-0.2, 0) is 11.2 Å². The summed E-state index contributed by atoms with van der Waals surface area (Å²) < 4.78 is 0.664. The van der Waals surface area contributed by atoms with Crippen molar-refractivity contribution in [2.45, 2.75) is 6.42 Å². The van der Waals surface area contributed by atoms with E-state index in [2.05, 4.69) is 33.1 Å². The fourth-order valence-electron chi connectivity index (χ4n) is 1.29. The molecule has 0 unspecified atom stereocenters. The largest absolute Gasteiger partial charge is 0.481 e. The number of carboxylic acids is 1. The van der Waals surface area contributed by atoms with Crippen LogP contribution >= 0.6 is 15.9 Å². The van der Waals surface area contributed by atoms with Crippen molar-refractivity contribution < 1.29 is 14.7 Å². The molecule has 1 rings (SSSR count). The lowest BCUT2D eigenvalue weighted by Crippen LogP contribution is -2.29. The molecule has 0 aromatic heterocycles. The highest BCUT2D eigenvalue weighted by atomic mass is 79.9. The number of hydrogen-bond donors (Lipinski definition) is 3. The Balaban J connectivity index is 2.58. The van der Waals surface area contributed by atoms with Crippen LogP contribution in [0.15, 0.2) is 35.3 Å². The Morgan fingerprint density at radius 3 is 2.72 bits per heavy atom. The van der Waals surface area contributed by atoms with Crippen LogP contribution in [0.3, 0.4) is 0 Å². The van der Waals surface area contributed by atoms with Gasteiger partial charge in [0.15, 0.2) is 0 Å². The second-order valence-corrected chi connectivity index (χ2v) is 4.72. The zero-order valence-corrected chi connectivity index (χ0v) is 11.2. The van der Waals surface area contributed by atoms with Crippen LogP contribution in [0.1, 0.15) is 5.56 Å². The van der Waals surface area contributed by atoms with Gasteiger partial charge >= 0.3 is 12.0 Å². The molecule has 0 radical (unpaired) electrons. The number of aliphatic carboxylic acids is 1. The molecule has 1 aromatic carbocycles. The number of carbonyl (C=O) groups excluding carboxylic acids is 1. The summed E-state index contributed by atoms with van der Waals surface area (Å²) >= 11 is 3.12. The predicted octanol–water partition coefficient (Wildman–Crippen LogP) is 2.34. The van der Waals surface area contributed by atoms with E-state index in [0.29, 0.717) is 22.3 Å². The summed E-state index contributed by atoms with van der Waals surface area (Å²) in [5.41, 5.74) is 1.18. The van der Waals surface area contributed by atoms with E-state index in [1.807, 2.05) is 0 Å². The summed E-state index contributed by atoms with van der Waals surface area (Å²) in [6.07, 6.45) is -0.0741. The normalized spacial score (nSPS) is 9.61. The first-order valence-electron chi connectivity index (χ1n) is 5.16. The molecule has 0 spiro atoms. The predicted molar refractivity (Wildman–Crippen MR) is 72.9 cm³/mol. The van der Waals surface area contributed by atoms with Gasteiger partial charge in [-0.15, -0.1) is 0 Å². The molecule has 0 aliphatic heterocycles. The number of carboxylic acid groups (broad SMARTS) is 1. The third-order valence-corrected chi connectivity index (χ3v) is 2.26. The third-order valence-electron chi connectivity index (χ3n) is 1.98. The molecule has 0 aliphatic rings. The van der Waals surface area contributed by atoms with Crippen molar-refractivity contribution >= 4 is 33.6 Å². The minimum absolute atomic E-state index is 0.0741. The molecular weight excluding hydrogens is 300 g/mol. The second-order valence-electron chi connectivity index (χ2n) is 3.60. The summed E-state index contributed by atoms with van der Waals surface area (Å²) in [6, 6.07) is 6.32. The molecule has 0 saturated heterocycles. The first-order chi connectivity index (χ1) is 8.47. The van der Waals surface area contributed by atoms with Gasteiger partial charge in [-0.2, -0.15) is 0 Å². The third kappa shape index (κ3) is 5.49. The van der Waals surface area contributed by atoms with Crippen molar-refractivity contribution in [3.8, 4) is 0 Å². The van der Waals surface area contributed by atoms with Crippen LogP contribution in [-0.4, -0.2) is 23.7 Å².